The van der Waals surface area contributed by atoms with Gasteiger partial charge in [-0.2, -0.15) is 0 Å². The van der Waals surface area contributed by atoms with E-state index in [2.05, 4.69) is 19.8 Å². The Hall–Kier alpha value is -1.33. The van der Waals surface area contributed by atoms with Crippen molar-refractivity contribution < 1.29 is 9.50 Å². The normalized spacial score (nSPS) is 8.50. The highest BCUT2D eigenvalue weighted by Gasteiger charge is 1.96. The van der Waals surface area contributed by atoms with Crippen LogP contribution in [-0.2, 0) is 6.61 Å². The fraction of sp³-hybridized carbons (Fsp3) is 0.333. The summed E-state index contributed by atoms with van der Waals surface area (Å²) in [6, 6.07) is 4.07. The van der Waals surface area contributed by atoms with Crippen molar-refractivity contribution >= 4 is 0 Å². The van der Waals surface area contributed by atoms with Gasteiger partial charge in [-0.1, -0.05) is 26.2 Å². The molecule has 1 nitrogen and oxygen atoms in total. The Bertz CT molecular complexity index is 313. The van der Waals surface area contributed by atoms with E-state index in [1.54, 1.807) is 6.07 Å². The third-order valence-electron chi connectivity index (χ3n) is 1.31. The highest BCUT2D eigenvalue weighted by molar-refractivity contribution is 5.35. The molecule has 1 aromatic rings. The van der Waals surface area contributed by atoms with Gasteiger partial charge in [0.05, 0.1) is 6.61 Å². The summed E-state index contributed by atoms with van der Waals surface area (Å²) in [6.07, 6.45) is 6.29. The summed E-state index contributed by atoms with van der Waals surface area (Å²) < 4.78 is 12.6. The number of aliphatic hydroxyl groups excluding tert-OH is 1. The zero-order valence-electron chi connectivity index (χ0n) is 8.55. The number of rotatable bonds is 1. The molecule has 0 aliphatic rings. The van der Waals surface area contributed by atoms with E-state index in [1.807, 2.05) is 0 Å². The van der Waals surface area contributed by atoms with E-state index in [9.17, 15) is 4.39 Å². The number of hydrogen-bond donors (Lipinski definition) is 1. The van der Waals surface area contributed by atoms with Crippen molar-refractivity contribution in [1.29, 1.82) is 0 Å². The molecule has 0 amide bonds. The van der Waals surface area contributed by atoms with Gasteiger partial charge >= 0.3 is 0 Å². The van der Waals surface area contributed by atoms with Gasteiger partial charge in [0.1, 0.15) is 5.82 Å². The summed E-state index contributed by atoms with van der Waals surface area (Å²) >= 11 is 0. The lowest BCUT2D eigenvalue weighted by atomic mass is 10.1. The lowest BCUT2D eigenvalue weighted by Gasteiger charge is -1.96. The zero-order valence-corrected chi connectivity index (χ0v) is 8.55. The van der Waals surface area contributed by atoms with Crippen molar-refractivity contribution in [1.82, 2.24) is 0 Å². The molecule has 0 unspecified atom stereocenters. The van der Waals surface area contributed by atoms with E-state index in [-0.39, 0.29) is 6.61 Å². The summed E-state index contributed by atoms with van der Waals surface area (Å²) in [4.78, 5) is 0. The van der Waals surface area contributed by atoms with Crippen LogP contribution in [0.5, 0.6) is 0 Å². The van der Waals surface area contributed by atoms with Crippen molar-refractivity contribution in [3.63, 3.8) is 0 Å². The van der Waals surface area contributed by atoms with Gasteiger partial charge in [0.2, 0.25) is 0 Å². The molecule has 2 heteroatoms. The van der Waals surface area contributed by atoms with Gasteiger partial charge in [0.15, 0.2) is 0 Å². The number of halogens is 1. The summed E-state index contributed by atoms with van der Waals surface area (Å²) in [5.41, 5.74) is 0.951. The van der Waals surface area contributed by atoms with Crippen molar-refractivity contribution in [3.8, 4) is 12.3 Å². The molecule has 0 aliphatic carbocycles. The number of terminal acetylenes is 1. The van der Waals surface area contributed by atoms with Crippen molar-refractivity contribution in [2.45, 2.75) is 26.9 Å². The van der Waals surface area contributed by atoms with E-state index in [1.165, 1.54) is 18.6 Å². The Morgan fingerprint density at radius 1 is 1.36 bits per heavy atom. The molecule has 0 saturated carbocycles. The molecule has 14 heavy (non-hydrogen) atoms. The predicted molar refractivity (Wildman–Crippen MR) is 56.2 cm³/mol. The van der Waals surface area contributed by atoms with E-state index in [0.29, 0.717) is 11.1 Å². The smallest absolute Gasteiger partial charge is 0.124 e. The maximum atomic E-state index is 12.6. The monoisotopic (exact) mass is 194 g/mol. The number of hydrogen-bond acceptors (Lipinski definition) is 1. The van der Waals surface area contributed by atoms with Crippen LogP contribution in [0.1, 0.15) is 31.4 Å². The Morgan fingerprint density at radius 3 is 2.36 bits per heavy atom. The molecule has 1 rings (SSSR count). The highest BCUT2D eigenvalue weighted by atomic mass is 19.1. The first-order chi connectivity index (χ1) is 6.67. The van der Waals surface area contributed by atoms with Crippen LogP contribution in [0, 0.1) is 18.2 Å². The molecular weight excluding hydrogens is 179 g/mol. The summed E-state index contributed by atoms with van der Waals surface area (Å²) in [5, 5.41) is 8.65. The fourth-order valence-electron chi connectivity index (χ4n) is 0.825. The molecule has 0 heterocycles. The van der Waals surface area contributed by atoms with Crippen LogP contribution in [0.4, 0.5) is 4.39 Å². The van der Waals surface area contributed by atoms with Gasteiger partial charge in [0, 0.05) is 5.56 Å². The second-order valence-corrected chi connectivity index (χ2v) is 2.86. The largest absolute Gasteiger partial charge is 0.392 e. The fourth-order valence-corrected chi connectivity index (χ4v) is 0.825. The van der Waals surface area contributed by atoms with Crippen LogP contribution >= 0.6 is 0 Å². The summed E-state index contributed by atoms with van der Waals surface area (Å²) in [6.45, 7) is 4.06. The topological polar surface area (TPSA) is 20.2 Å². The maximum absolute atomic E-state index is 12.6. The first-order valence-electron chi connectivity index (χ1n) is 4.54. The van der Waals surface area contributed by atoms with E-state index in [4.69, 9.17) is 11.5 Å². The van der Waals surface area contributed by atoms with Crippen LogP contribution in [-0.4, -0.2) is 5.11 Å². The molecule has 0 saturated heterocycles. The third kappa shape index (κ3) is 4.64. The molecule has 0 spiro atoms. The van der Waals surface area contributed by atoms with Gasteiger partial charge < -0.3 is 5.11 Å². The first-order valence-corrected chi connectivity index (χ1v) is 4.54. The minimum atomic E-state index is -0.412. The standard InChI is InChI=1S/C9H7FO.C3H8/c1-2-7-3-8(6-11)5-9(10)4-7;1-3-2/h1,3-5,11H,6H2;3H2,1-2H3. The minimum absolute atomic E-state index is 0.188. The minimum Gasteiger partial charge on any atom is -0.392 e. The molecule has 1 N–H and O–H groups in total. The van der Waals surface area contributed by atoms with Gasteiger partial charge in [-0.05, 0) is 23.8 Å². The third-order valence-corrected chi connectivity index (χ3v) is 1.31. The molecule has 0 aliphatic heterocycles. The second-order valence-electron chi connectivity index (χ2n) is 2.86. The van der Waals surface area contributed by atoms with Gasteiger partial charge in [0.25, 0.3) is 0 Å². The second kappa shape index (κ2) is 7.11. The Labute approximate surface area is 84.6 Å². The SMILES string of the molecule is C#Cc1cc(F)cc(CO)c1.CCC. The summed E-state index contributed by atoms with van der Waals surface area (Å²) in [7, 11) is 0. The van der Waals surface area contributed by atoms with E-state index < -0.39 is 5.82 Å². The highest BCUT2D eigenvalue weighted by Crippen LogP contribution is 2.07. The van der Waals surface area contributed by atoms with Gasteiger partial charge in [-0.15, -0.1) is 6.42 Å². The quantitative estimate of drug-likeness (QED) is 0.681. The van der Waals surface area contributed by atoms with Gasteiger partial charge in [-0.25, -0.2) is 4.39 Å². The Balaban J connectivity index is 0.000000500. The molecule has 0 fully saturated rings. The Kier molecular flexibility index (Phi) is 6.43. The Morgan fingerprint density at radius 2 is 1.93 bits per heavy atom. The predicted octanol–water partition coefficient (Wildman–Crippen LogP) is 2.72. The number of benzene rings is 1. The molecule has 76 valence electrons. The average Bonchev–Trinajstić information content (AvgIpc) is 2.18. The van der Waals surface area contributed by atoms with Crippen molar-refractivity contribution in [3.05, 3.63) is 35.1 Å². The van der Waals surface area contributed by atoms with Gasteiger partial charge in [-0.3, -0.25) is 0 Å². The lowest BCUT2D eigenvalue weighted by molar-refractivity contribution is 0.281. The van der Waals surface area contributed by atoms with Crippen LogP contribution in [0.15, 0.2) is 18.2 Å². The average molecular weight is 194 g/mol. The van der Waals surface area contributed by atoms with Crippen molar-refractivity contribution in [2.24, 2.45) is 0 Å². The van der Waals surface area contributed by atoms with Crippen LogP contribution in [0.25, 0.3) is 0 Å². The van der Waals surface area contributed by atoms with Crippen molar-refractivity contribution in [2.75, 3.05) is 0 Å². The maximum Gasteiger partial charge on any atom is 0.124 e. The summed E-state index contributed by atoms with van der Waals surface area (Å²) in [5.74, 6) is 1.88. The molecule has 1 aromatic carbocycles. The molecular formula is C12H15FO. The van der Waals surface area contributed by atoms with E-state index >= 15 is 0 Å². The van der Waals surface area contributed by atoms with E-state index in [0.717, 1.165) is 0 Å². The zero-order chi connectivity index (χ0) is 11.0. The van der Waals surface area contributed by atoms with Crippen LogP contribution < -0.4 is 0 Å². The first kappa shape index (κ1) is 12.7. The van der Waals surface area contributed by atoms with Crippen LogP contribution in [0.3, 0.4) is 0 Å². The lowest BCUT2D eigenvalue weighted by Crippen LogP contribution is -1.87. The molecule has 0 aromatic heterocycles. The molecule has 0 atom stereocenters. The molecule has 0 bridgehead atoms. The molecule has 0 radical (unpaired) electrons. The number of aliphatic hydroxyl groups is 1. The van der Waals surface area contributed by atoms with Crippen LogP contribution in [0.2, 0.25) is 0 Å².